The third-order valence-corrected chi connectivity index (χ3v) is 6.79. The Hall–Kier alpha value is -3.87. The van der Waals surface area contributed by atoms with Crippen molar-refractivity contribution in [3.63, 3.8) is 0 Å². The summed E-state index contributed by atoms with van der Waals surface area (Å²) in [4.78, 5) is 19.8. The van der Waals surface area contributed by atoms with Crippen LogP contribution in [0.4, 0.5) is 5.82 Å². The number of phenols is 1. The molecule has 7 heteroatoms. The SMILES string of the molecule is Cc1cnn2c(NC3CCN(C(=O)C(C)Cc4ccccc4)CC3)cc(-c3ccccc3O)nc12. The zero-order valence-corrected chi connectivity index (χ0v) is 20.2. The van der Waals surface area contributed by atoms with Crippen molar-refractivity contribution in [3.8, 4) is 17.0 Å². The van der Waals surface area contributed by atoms with Crippen molar-refractivity contribution < 1.29 is 9.90 Å². The number of piperidine rings is 1. The van der Waals surface area contributed by atoms with E-state index >= 15 is 0 Å². The number of aromatic hydroxyl groups is 1. The van der Waals surface area contributed by atoms with Gasteiger partial charge in [-0.3, -0.25) is 4.79 Å². The van der Waals surface area contributed by atoms with Crippen molar-refractivity contribution in [2.75, 3.05) is 18.4 Å². The van der Waals surface area contributed by atoms with Gasteiger partial charge < -0.3 is 15.3 Å². The van der Waals surface area contributed by atoms with Crippen molar-refractivity contribution in [1.82, 2.24) is 19.5 Å². The molecule has 2 aromatic heterocycles. The number of benzene rings is 2. The lowest BCUT2D eigenvalue weighted by atomic mass is 9.97. The van der Waals surface area contributed by atoms with Crippen LogP contribution < -0.4 is 5.32 Å². The highest BCUT2D eigenvalue weighted by molar-refractivity contribution is 5.79. The molecule has 0 bridgehead atoms. The lowest BCUT2D eigenvalue weighted by Gasteiger charge is -2.34. The van der Waals surface area contributed by atoms with Gasteiger partial charge in [0.2, 0.25) is 5.91 Å². The zero-order chi connectivity index (χ0) is 24.4. The number of likely N-dealkylation sites (tertiary alicyclic amines) is 1. The number of aromatic nitrogens is 3. The van der Waals surface area contributed by atoms with Crippen LogP contribution in [0.3, 0.4) is 0 Å². The Morgan fingerprint density at radius 1 is 1.11 bits per heavy atom. The molecule has 5 rings (SSSR count). The van der Waals surface area contributed by atoms with E-state index in [9.17, 15) is 9.90 Å². The van der Waals surface area contributed by atoms with Gasteiger partial charge in [0.05, 0.1) is 11.9 Å². The maximum Gasteiger partial charge on any atom is 0.225 e. The van der Waals surface area contributed by atoms with Crippen LogP contribution in [0.2, 0.25) is 0 Å². The molecule has 4 aromatic rings. The van der Waals surface area contributed by atoms with Gasteiger partial charge in [-0.1, -0.05) is 49.4 Å². The molecule has 1 aliphatic heterocycles. The number of aryl methyl sites for hydroxylation is 1. The Labute approximate surface area is 205 Å². The van der Waals surface area contributed by atoms with Gasteiger partial charge in [-0.2, -0.15) is 9.61 Å². The Morgan fingerprint density at radius 3 is 2.57 bits per heavy atom. The van der Waals surface area contributed by atoms with Crippen molar-refractivity contribution in [3.05, 3.63) is 78.0 Å². The summed E-state index contributed by atoms with van der Waals surface area (Å²) in [5.74, 6) is 1.23. The first kappa shape index (κ1) is 22.9. The van der Waals surface area contributed by atoms with Crippen LogP contribution in [-0.2, 0) is 11.2 Å². The van der Waals surface area contributed by atoms with Crippen LogP contribution in [0.15, 0.2) is 66.9 Å². The summed E-state index contributed by atoms with van der Waals surface area (Å²) in [5.41, 5.74) is 4.31. The van der Waals surface area contributed by atoms with Crippen LogP contribution in [0.25, 0.3) is 16.9 Å². The number of carbonyl (C=O) groups is 1. The van der Waals surface area contributed by atoms with Crippen LogP contribution in [0, 0.1) is 12.8 Å². The number of hydrogen-bond donors (Lipinski definition) is 2. The van der Waals surface area contributed by atoms with E-state index < -0.39 is 0 Å². The molecule has 1 fully saturated rings. The molecule has 1 aliphatic rings. The molecule has 1 atom stereocenters. The fourth-order valence-corrected chi connectivity index (χ4v) is 4.82. The number of rotatable bonds is 6. The highest BCUT2D eigenvalue weighted by Crippen LogP contribution is 2.31. The Kier molecular flexibility index (Phi) is 6.40. The molecule has 0 spiro atoms. The van der Waals surface area contributed by atoms with Gasteiger partial charge in [0, 0.05) is 42.2 Å². The van der Waals surface area contributed by atoms with E-state index in [1.54, 1.807) is 18.3 Å². The predicted molar refractivity (Wildman–Crippen MR) is 137 cm³/mol. The molecule has 0 aliphatic carbocycles. The Morgan fingerprint density at radius 2 is 1.83 bits per heavy atom. The predicted octanol–water partition coefficient (Wildman–Crippen LogP) is 4.69. The molecule has 0 radical (unpaired) electrons. The van der Waals surface area contributed by atoms with Gasteiger partial charge in [-0.15, -0.1) is 0 Å². The fraction of sp³-hybridized carbons (Fsp3) is 0.321. The maximum absolute atomic E-state index is 13.0. The summed E-state index contributed by atoms with van der Waals surface area (Å²) < 4.78 is 1.82. The molecule has 0 saturated carbocycles. The van der Waals surface area contributed by atoms with Crippen molar-refractivity contribution in [1.29, 1.82) is 0 Å². The van der Waals surface area contributed by atoms with Gasteiger partial charge in [-0.25, -0.2) is 4.98 Å². The number of hydrogen-bond acceptors (Lipinski definition) is 5. The van der Waals surface area contributed by atoms with Gasteiger partial charge in [0.25, 0.3) is 0 Å². The second-order valence-electron chi connectivity index (χ2n) is 9.44. The molecule has 3 heterocycles. The summed E-state index contributed by atoms with van der Waals surface area (Å²) in [6.07, 6.45) is 4.29. The number of fused-ring (bicyclic) bond motifs is 1. The molecular formula is C28H31N5O2. The van der Waals surface area contributed by atoms with E-state index in [2.05, 4.69) is 22.5 Å². The third-order valence-electron chi connectivity index (χ3n) is 6.79. The van der Waals surface area contributed by atoms with Crippen LogP contribution in [0.5, 0.6) is 5.75 Å². The minimum absolute atomic E-state index is 0.0325. The molecular weight excluding hydrogens is 438 g/mol. The van der Waals surface area contributed by atoms with E-state index in [1.807, 2.05) is 59.7 Å². The number of carbonyl (C=O) groups excluding carboxylic acids is 1. The highest BCUT2D eigenvalue weighted by atomic mass is 16.3. The van der Waals surface area contributed by atoms with E-state index in [-0.39, 0.29) is 23.6 Å². The summed E-state index contributed by atoms with van der Waals surface area (Å²) in [6.45, 7) is 5.46. The third kappa shape index (κ3) is 4.85. The second-order valence-corrected chi connectivity index (χ2v) is 9.44. The van der Waals surface area contributed by atoms with E-state index in [0.717, 1.165) is 49.4 Å². The van der Waals surface area contributed by atoms with Crippen molar-refractivity contribution in [2.24, 2.45) is 5.92 Å². The van der Waals surface area contributed by atoms with Gasteiger partial charge in [0.15, 0.2) is 5.65 Å². The van der Waals surface area contributed by atoms with Gasteiger partial charge >= 0.3 is 0 Å². The monoisotopic (exact) mass is 469 g/mol. The molecule has 1 saturated heterocycles. The fourth-order valence-electron chi connectivity index (χ4n) is 4.82. The largest absolute Gasteiger partial charge is 0.507 e. The standard InChI is InChI=1S/C28H31N5O2/c1-19(16-21-8-4-3-5-9-21)28(35)32-14-12-22(13-15-32)30-26-17-24(23-10-6-7-11-25(23)34)31-27-20(2)18-29-33(26)27/h3-11,17-19,22,30,34H,12-16H2,1-2H3. The van der Waals surface area contributed by atoms with Crippen molar-refractivity contribution in [2.45, 2.75) is 39.2 Å². The molecule has 2 N–H and O–H groups in total. The lowest BCUT2D eigenvalue weighted by Crippen LogP contribution is -2.44. The average molecular weight is 470 g/mol. The lowest BCUT2D eigenvalue weighted by molar-refractivity contribution is -0.135. The first-order valence-corrected chi connectivity index (χ1v) is 12.2. The maximum atomic E-state index is 13.0. The summed E-state index contributed by atoms with van der Waals surface area (Å²) in [6, 6.07) is 19.6. The molecule has 2 aromatic carbocycles. The first-order valence-electron chi connectivity index (χ1n) is 12.2. The van der Waals surface area contributed by atoms with Crippen LogP contribution >= 0.6 is 0 Å². The van der Waals surface area contributed by atoms with Crippen molar-refractivity contribution >= 4 is 17.4 Å². The zero-order valence-electron chi connectivity index (χ0n) is 20.2. The van der Waals surface area contributed by atoms with Crippen LogP contribution in [-0.4, -0.2) is 49.6 Å². The number of phenolic OH excluding ortho intramolecular Hbond substituents is 1. The summed E-state index contributed by atoms with van der Waals surface area (Å²) >= 11 is 0. The normalized spacial score (nSPS) is 15.3. The highest BCUT2D eigenvalue weighted by Gasteiger charge is 2.27. The Bertz CT molecular complexity index is 1330. The van der Waals surface area contributed by atoms with E-state index in [1.165, 1.54) is 5.56 Å². The molecule has 180 valence electrons. The number of anilines is 1. The summed E-state index contributed by atoms with van der Waals surface area (Å²) in [7, 11) is 0. The summed E-state index contributed by atoms with van der Waals surface area (Å²) in [5, 5.41) is 18.5. The molecule has 1 unspecified atom stereocenters. The van der Waals surface area contributed by atoms with Crippen LogP contribution in [0.1, 0.15) is 30.9 Å². The number of para-hydroxylation sites is 1. The number of nitrogens with one attached hydrogen (secondary N) is 1. The smallest absolute Gasteiger partial charge is 0.225 e. The Balaban J connectivity index is 1.28. The molecule has 35 heavy (non-hydrogen) atoms. The molecule has 1 amide bonds. The second kappa shape index (κ2) is 9.78. The minimum Gasteiger partial charge on any atom is -0.507 e. The number of nitrogens with zero attached hydrogens (tertiary/aromatic N) is 4. The molecule has 7 nitrogen and oxygen atoms in total. The van der Waals surface area contributed by atoms with E-state index in [0.29, 0.717) is 11.3 Å². The average Bonchev–Trinajstić information content (AvgIpc) is 3.26. The number of amides is 1. The van der Waals surface area contributed by atoms with E-state index in [4.69, 9.17) is 4.98 Å². The minimum atomic E-state index is -0.0325. The quantitative estimate of drug-likeness (QED) is 0.428. The first-order chi connectivity index (χ1) is 17.0. The topological polar surface area (TPSA) is 82.8 Å². The van der Waals surface area contributed by atoms with Gasteiger partial charge in [-0.05, 0) is 43.9 Å². The van der Waals surface area contributed by atoms with Gasteiger partial charge in [0.1, 0.15) is 11.6 Å².